The summed E-state index contributed by atoms with van der Waals surface area (Å²) in [5, 5.41) is 2.54. The molecule has 0 unspecified atom stereocenters. The van der Waals surface area contributed by atoms with Gasteiger partial charge in [0.05, 0.1) is 6.04 Å². The van der Waals surface area contributed by atoms with Crippen LogP contribution < -0.4 is 11.1 Å². The lowest BCUT2D eigenvalue weighted by Crippen LogP contribution is -2.38. The summed E-state index contributed by atoms with van der Waals surface area (Å²) in [7, 11) is 0. The molecule has 0 bridgehead atoms. The van der Waals surface area contributed by atoms with E-state index in [2.05, 4.69) is 21.2 Å². The van der Waals surface area contributed by atoms with E-state index in [0.717, 1.165) is 4.47 Å². The number of amides is 2. The third-order valence-corrected chi connectivity index (χ3v) is 3.03. The van der Waals surface area contributed by atoms with E-state index in [4.69, 9.17) is 5.73 Å². The normalized spacial score (nSPS) is 11.7. The Kier molecular flexibility index (Phi) is 5.69. The zero-order valence-electron chi connectivity index (χ0n) is 10.5. The summed E-state index contributed by atoms with van der Waals surface area (Å²) < 4.78 is 0.877. The zero-order valence-corrected chi connectivity index (χ0v) is 12.1. The van der Waals surface area contributed by atoms with Gasteiger partial charge in [-0.05, 0) is 19.1 Å². The van der Waals surface area contributed by atoms with Crippen LogP contribution >= 0.6 is 15.9 Å². The maximum Gasteiger partial charge on any atom is 0.221 e. The van der Waals surface area contributed by atoms with Crippen LogP contribution in [0, 0.1) is 0 Å². The number of nitrogens with one attached hydrogen (secondary N) is 1. The molecule has 0 radical (unpaired) electrons. The summed E-state index contributed by atoms with van der Waals surface area (Å²) in [6.45, 7) is 1.60. The van der Waals surface area contributed by atoms with Gasteiger partial charge in [0.2, 0.25) is 11.8 Å². The van der Waals surface area contributed by atoms with Crippen LogP contribution in [0.4, 0.5) is 0 Å². The standard InChI is InChI=1S/C13H15BrN2O3/c1-8(16-12(18)7-6-11(15)17)13(19)9-2-4-10(14)5-3-9/h2-5,8H,6-7H2,1H3,(H2,15,17)(H,16,18)/t8-/m1/s1. The van der Waals surface area contributed by atoms with Crippen LogP contribution in [0.2, 0.25) is 0 Å². The first-order valence-corrected chi connectivity index (χ1v) is 6.57. The predicted molar refractivity (Wildman–Crippen MR) is 74.5 cm³/mol. The third kappa shape index (κ3) is 5.21. The van der Waals surface area contributed by atoms with Crippen molar-refractivity contribution in [3.63, 3.8) is 0 Å². The highest BCUT2D eigenvalue weighted by molar-refractivity contribution is 9.10. The van der Waals surface area contributed by atoms with Crippen molar-refractivity contribution in [2.24, 2.45) is 5.73 Å². The van der Waals surface area contributed by atoms with Crippen molar-refractivity contribution in [1.29, 1.82) is 0 Å². The molecular formula is C13H15BrN2O3. The molecule has 5 nitrogen and oxygen atoms in total. The molecule has 0 fully saturated rings. The van der Waals surface area contributed by atoms with Crippen molar-refractivity contribution < 1.29 is 14.4 Å². The van der Waals surface area contributed by atoms with Crippen molar-refractivity contribution in [3.05, 3.63) is 34.3 Å². The first-order chi connectivity index (χ1) is 8.90. The molecule has 0 aromatic heterocycles. The highest BCUT2D eigenvalue weighted by Crippen LogP contribution is 2.12. The summed E-state index contributed by atoms with van der Waals surface area (Å²) in [6.07, 6.45) is -0.0294. The molecule has 0 heterocycles. The van der Waals surface area contributed by atoms with Gasteiger partial charge in [-0.15, -0.1) is 0 Å². The molecule has 0 spiro atoms. The number of rotatable bonds is 6. The van der Waals surface area contributed by atoms with Crippen LogP contribution in [-0.4, -0.2) is 23.6 Å². The van der Waals surface area contributed by atoms with Gasteiger partial charge in [-0.1, -0.05) is 28.1 Å². The Morgan fingerprint density at radius 3 is 2.32 bits per heavy atom. The second-order valence-corrected chi connectivity index (χ2v) is 5.04. The lowest BCUT2D eigenvalue weighted by Gasteiger charge is -2.12. The summed E-state index contributed by atoms with van der Waals surface area (Å²) in [5.74, 6) is -1.08. The van der Waals surface area contributed by atoms with Crippen LogP contribution in [0.5, 0.6) is 0 Å². The molecule has 0 aliphatic rings. The number of Topliss-reactive ketones (excluding diaryl/α,β-unsaturated/α-hetero) is 1. The molecule has 6 heteroatoms. The minimum Gasteiger partial charge on any atom is -0.370 e. The van der Waals surface area contributed by atoms with Gasteiger partial charge in [0.1, 0.15) is 0 Å². The van der Waals surface area contributed by atoms with Gasteiger partial charge in [-0.2, -0.15) is 0 Å². The SMILES string of the molecule is C[C@@H](NC(=O)CCC(N)=O)C(=O)c1ccc(Br)cc1. The van der Waals surface area contributed by atoms with E-state index in [1.165, 1.54) is 0 Å². The summed E-state index contributed by atoms with van der Waals surface area (Å²) in [4.78, 5) is 34.0. The molecule has 2 amide bonds. The van der Waals surface area contributed by atoms with Crippen molar-refractivity contribution in [2.45, 2.75) is 25.8 Å². The number of primary amides is 1. The molecule has 1 aromatic rings. The molecule has 1 rings (SSSR count). The van der Waals surface area contributed by atoms with Gasteiger partial charge >= 0.3 is 0 Å². The third-order valence-electron chi connectivity index (χ3n) is 2.50. The van der Waals surface area contributed by atoms with Crippen molar-refractivity contribution in [3.8, 4) is 0 Å². The summed E-state index contributed by atoms with van der Waals surface area (Å²) >= 11 is 3.28. The maximum absolute atomic E-state index is 12.0. The number of benzene rings is 1. The van der Waals surface area contributed by atoms with Crippen molar-refractivity contribution >= 4 is 33.5 Å². The number of ketones is 1. The fourth-order valence-electron chi connectivity index (χ4n) is 1.48. The lowest BCUT2D eigenvalue weighted by molar-refractivity contribution is -0.125. The molecule has 102 valence electrons. The molecule has 0 saturated carbocycles. The Labute approximate surface area is 119 Å². The molecule has 1 aromatic carbocycles. The van der Waals surface area contributed by atoms with Gasteiger partial charge in [0.25, 0.3) is 0 Å². The maximum atomic E-state index is 12.0. The van der Waals surface area contributed by atoms with Gasteiger partial charge in [-0.25, -0.2) is 0 Å². The van der Waals surface area contributed by atoms with Crippen LogP contribution in [0.1, 0.15) is 30.1 Å². The highest BCUT2D eigenvalue weighted by atomic mass is 79.9. The van der Waals surface area contributed by atoms with E-state index in [9.17, 15) is 14.4 Å². The second kappa shape index (κ2) is 7.04. The Morgan fingerprint density at radius 2 is 1.79 bits per heavy atom. The van der Waals surface area contributed by atoms with E-state index in [1.54, 1.807) is 31.2 Å². The summed E-state index contributed by atoms with van der Waals surface area (Å²) in [5.41, 5.74) is 5.47. The number of carbonyl (C=O) groups excluding carboxylic acids is 3. The quantitative estimate of drug-likeness (QED) is 0.774. The first kappa shape index (κ1) is 15.4. The lowest BCUT2D eigenvalue weighted by atomic mass is 10.1. The highest BCUT2D eigenvalue weighted by Gasteiger charge is 2.17. The zero-order chi connectivity index (χ0) is 14.4. The van der Waals surface area contributed by atoms with Gasteiger partial charge in [0.15, 0.2) is 5.78 Å². The van der Waals surface area contributed by atoms with E-state index in [1.807, 2.05) is 0 Å². The van der Waals surface area contributed by atoms with Crippen LogP contribution in [0.3, 0.4) is 0 Å². The number of carbonyl (C=O) groups is 3. The largest absolute Gasteiger partial charge is 0.370 e. The van der Waals surface area contributed by atoms with E-state index in [-0.39, 0.29) is 24.5 Å². The number of halogens is 1. The van der Waals surface area contributed by atoms with Crippen molar-refractivity contribution in [1.82, 2.24) is 5.32 Å². The van der Waals surface area contributed by atoms with Crippen molar-refractivity contribution in [2.75, 3.05) is 0 Å². The second-order valence-electron chi connectivity index (χ2n) is 4.13. The number of nitrogens with two attached hydrogens (primary N) is 1. The minimum absolute atomic E-state index is 0.00666. The molecular weight excluding hydrogens is 312 g/mol. The Bertz CT molecular complexity index is 485. The van der Waals surface area contributed by atoms with Crippen LogP contribution in [0.25, 0.3) is 0 Å². The molecule has 0 aliphatic heterocycles. The number of hydrogen-bond donors (Lipinski definition) is 2. The Hall–Kier alpha value is -1.69. The van der Waals surface area contributed by atoms with Crippen LogP contribution in [0.15, 0.2) is 28.7 Å². The molecule has 1 atom stereocenters. The molecule has 0 aliphatic carbocycles. The Morgan fingerprint density at radius 1 is 1.21 bits per heavy atom. The average molecular weight is 327 g/mol. The van der Waals surface area contributed by atoms with E-state index in [0.29, 0.717) is 5.56 Å². The van der Waals surface area contributed by atoms with E-state index >= 15 is 0 Å². The fourth-order valence-corrected chi connectivity index (χ4v) is 1.74. The fraction of sp³-hybridized carbons (Fsp3) is 0.308. The predicted octanol–water partition coefficient (Wildman–Crippen LogP) is 1.40. The average Bonchev–Trinajstić information content (AvgIpc) is 2.36. The topological polar surface area (TPSA) is 89.3 Å². The van der Waals surface area contributed by atoms with E-state index < -0.39 is 11.9 Å². The molecule has 3 N–H and O–H groups in total. The molecule has 0 saturated heterocycles. The number of hydrogen-bond acceptors (Lipinski definition) is 3. The monoisotopic (exact) mass is 326 g/mol. The van der Waals surface area contributed by atoms with Gasteiger partial charge in [0, 0.05) is 22.9 Å². The van der Waals surface area contributed by atoms with Gasteiger partial charge in [-0.3, -0.25) is 14.4 Å². The van der Waals surface area contributed by atoms with Gasteiger partial charge < -0.3 is 11.1 Å². The Balaban J connectivity index is 2.55. The molecule has 19 heavy (non-hydrogen) atoms. The first-order valence-electron chi connectivity index (χ1n) is 5.77. The van der Waals surface area contributed by atoms with Crippen LogP contribution in [-0.2, 0) is 9.59 Å². The summed E-state index contributed by atoms with van der Waals surface area (Å²) in [6, 6.07) is 6.24. The minimum atomic E-state index is -0.637. The smallest absolute Gasteiger partial charge is 0.221 e.